The first kappa shape index (κ1) is 22.1. The molecule has 0 spiro atoms. The molecule has 0 aliphatic carbocycles. The molecule has 2 heterocycles. The SMILES string of the molecule is Cc1cccc(C)c1OCCCCn1c(CCNC(=O)c2cccs2)nc2ccccc21. The zero-order chi connectivity index (χ0) is 22.3. The largest absolute Gasteiger partial charge is 0.493 e. The summed E-state index contributed by atoms with van der Waals surface area (Å²) in [5, 5.41) is 4.92. The van der Waals surface area contributed by atoms with Crippen molar-refractivity contribution in [3.8, 4) is 5.75 Å². The number of ether oxygens (including phenoxy) is 1. The average molecular weight is 448 g/mol. The lowest BCUT2D eigenvalue weighted by molar-refractivity contribution is 0.0958. The summed E-state index contributed by atoms with van der Waals surface area (Å²) in [6.07, 6.45) is 2.67. The molecule has 0 radical (unpaired) electrons. The van der Waals surface area contributed by atoms with E-state index in [-0.39, 0.29) is 5.91 Å². The molecular weight excluding hydrogens is 418 g/mol. The van der Waals surface area contributed by atoms with Gasteiger partial charge in [-0.2, -0.15) is 0 Å². The van der Waals surface area contributed by atoms with Crippen molar-refractivity contribution in [2.24, 2.45) is 0 Å². The second-order valence-corrected chi connectivity index (χ2v) is 8.88. The van der Waals surface area contributed by atoms with Gasteiger partial charge in [0.15, 0.2) is 0 Å². The quantitative estimate of drug-likeness (QED) is 0.325. The maximum absolute atomic E-state index is 12.2. The zero-order valence-electron chi connectivity index (χ0n) is 18.6. The number of hydrogen-bond acceptors (Lipinski definition) is 4. The van der Waals surface area contributed by atoms with Gasteiger partial charge in [0.2, 0.25) is 0 Å². The van der Waals surface area contributed by atoms with E-state index in [1.165, 1.54) is 22.5 Å². The van der Waals surface area contributed by atoms with Crippen LogP contribution in [0.1, 0.15) is 39.5 Å². The maximum atomic E-state index is 12.2. The summed E-state index contributed by atoms with van der Waals surface area (Å²) in [4.78, 5) is 17.8. The van der Waals surface area contributed by atoms with Crippen molar-refractivity contribution < 1.29 is 9.53 Å². The van der Waals surface area contributed by atoms with Crippen molar-refractivity contribution in [1.29, 1.82) is 0 Å². The average Bonchev–Trinajstić information content (AvgIpc) is 3.44. The summed E-state index contributed by atoms with van der Waals surface area (Å²) in [6, 6.07) is 18.2. The molecule has 0 saturated heterocycles. The number of amides is 1. The smallest absolute Gasteiger partial charge is 0.261 e. The lowest BCUT2D eigenvalue weighted by Crippen LogP contribution is -2.25. The summed E-state index contributed by atoms with van der Waals surface area (Å²) in [6.45, 7) is 6.32. The Kier molecular flexibility index (Phi) is 7.22. The summed E-state index contributed by atoms with van der Waals surface area (Å²) in [5.74, 6) is 1.99. The molecule has 0 aliphatic rings. The van der Waals surface area contributed by atoms with Gasteiger partial charge in [-0.3, -0.25) is 4.79 Å². The number of nitrogens with zero attached hydrogens (tertiary/aromatic N) is 2. The van der Waals surface area contributed by atoms with Gasteiger partial charge in [-0.05, 0) is 61.4 Å². The number of unbranched alkanes of at least 4 members (excludes halogenated alkanes) is 1. The van der Waals surface area contributed by atoms with Crippen LogP contribution in [0.3, 0.4) is 0 Å². The molecule has 5 nitrogen and oxygen atoms in total. The molecule has 32 heavy (non-hydrogen) atoms. The third-order valence-corrected chi connectivity index (χ3v) is 6.41. The highest BCUT2D eigenvalue weighted by atomic mass is 32.1. The second kappa shape index (κ2) is 10.5. The number of carbonyl (C=O) groups excluding carboxylic acids is 1. The lowest BCUT2D eigenvalue weighted by Gasteiger charge is -2.13. The number of hydrogen-bond donors (Lipinski definition) is 1. The zero-order valence-corrected chi connectivity index (χ0v) is 19.5. The molecular formula is C26H29N3O2S. The molecule has 4 aromatic rings. The number of rotatable bonds is 10. The first-order valence-corrected chi connectivity index (χ1v) is 12.0. The van der Waals surface area contributed by atoms with Crippen molar-refractivity contribution in [3.63, 3.8) is 0 Å². The molecule has 1 N–H and O–H groups in total. The van der Waals surface area contributed by atoms with Crippen LogP contribution in [0.2, 0.25) is 0 Å². The minimum Gasteiger partial charge on any atom is -0.493 e. The van der Waals surface area contributed by atoms with Crippen LogP contribution in [0, 0.1) is 13.8 Å². The number of imidazole rings is 1. The van der Waals surface area contributed by atoms with Gasteiger partial charge in [-0.25, -0.2) is 4.98 Å². The Balaban J connectivity index is 1.34. The Morgan fingerprint density at radius 3 is 2.62 bits per heavy atom. The predicted molar refractivity (Wildman–Crippen MR) is 131 cm³/mol. The number of thiophene rings is 1. The van der Waals surface area contributed by atoms with Gasteiger partial charge in [-0.1, -0.05) is 36.4 Å². The molecule has 1 amide bonds. The Morgan fingerprint density at radius 2 is 1.84 bits per heavy atom. The highest BCUT2D eigenvalue weighted by Gasteiger charge is 2.12. The second-order valence-electron chi connectivity index (χ2n) is 7.93. The first-order chi connectivity index (χ1) is 15.6. The predicted octanol–water partition coefficient (Wildman–Crippen LogP) is 5.55. The Hall–Kier alpha value is -3.12. The van der Waals surface area contributed by atoms with E-state index in [4.69, 9.17) is 9.72 Å². The molecule has 2 aromatic carbocycles. The van der Waals surface area contributed by atoms with E-state index in [1.54, 1.807) is 0 Å². The fourth-order valence-corrected chi connectivity index (χ4v) is 4.56. The Bertz CT molecular complexity index is 1160. The van der Waals surface area contributed by atoms with Gasteiger partial charge in [0.25, 0.3) is 5.91 Å². The van der Waals surface area contributed by atoms with E-state index >= 15 is 0 Å². The van der Waals surface area contributed by atoms with E-state index in [9.17, 15) is 4.79 Å². The van der Waals surface area contributed by atoms with Gasteiger partial charge < -0.3 is 14.6 Å². The molecule has 0 aliphatic heterocycles. The van der Waals surface area contributed by atoms with Gasteiger partial charge in [0.1, 0.15) is 11.6 Å². The van der Waals surface area contributed by atoms with Crippen LogP contribution in [-0.2, 0) is 13.0 Å². The van der Waals surface area contributed by atoms with Crippen molar-refractivity contribution in [3.05, 3.63) is 81.8 Å². The summed E-state index contributed by atoms with van der Waals surface area (Å²) < 4.78 is 8.34. The Morgan fingerprint density at radius 1 is 1.03 bits per heavy atom. The molecule has 2 aromatic heterocycles. The summed E-state index contributed by atoms with van der Waals surface area (Å²) in [7, 11) is 0. The third-order valence-electron chi connectivity index (χ3n) is 5.54. The van der Waals surface area contributed by atoms with Crippen LogP contribution in [0.15, 0.2) is 60.0 Å². The first-order valence-electron chi connectivity index (χ1n) is 11.1. The number of aromatic nitrogens is 2. The van der Waals surface area contributed by atoms with Crippen LogP contribution >= 0.6 is 11.3 Å². The fraction of sp³-hybridized carbons (Fsp3) is 0.308. The molecule has 6 heteroatoms. The van der Waals surface area contributed by atoms with Crippen LogP contribution < -0.4 is 10.1 Å². The van der Waals surface area contributed by atoms with Crippen LogP contribution in [-0.4, -0.2) is 28.6 Å². The van der Waals surface area contributed by atoms with Crippen LogP contribution in [0.4, 0.5) is 0 Å². The normalized spacial score (nSPS) is 11.1. The molecule has 0 atom stereocenters. The van der Waals surface area contributed by atoms with E-state index in [0.29, 0.717) is 19.6 Å². The molecule has 0 unspecified atom stereocenters. The van der Waals surface area contributed by atoms with Crippen LogP contribution in [0.5, 0.6) is 5.75 Å². The van der Waals surface area contributed by atoms with Crippen molar-refractivity contribution in [2.75, 3.05) is 13.2 Å². The number of carbonyl (C=O) groups is 1. The summed E-state index contributed by atoms with van der Waals surface area (Å²) >= 11 is 1.46. The lowest BCUT2D eigenvalue weighted by atomic mass is 10.1. The number of para-hydroxylation sites is 3. The minimum absolute atomic E-state index is 0.0219. The molecule has 0 bridgehead atoms. The van der Waals surface area contributed by atoms with E-state index in [0.717, 1.165) is 46.9 Å². The molecule has 0 saturated carbocycles. The number of aryl methyl sites for hydroxylation is 3. The minimum atomic E-state index is -0.0219. The molecule has 166 valence electrons. The van der Waals surface area contributed by atoms with E-state index in [1.807, 2.05) is 35.7 Å². The highest BCUT2D eigenvalue weighted by Crippen LogP contribution is 2.23. The van der Waals surface area contributed by atoms with Gasteiger partial charge in [-0.15, -0.1) is 11.3 Å². The topological polar surface area (TPSA) is 56.1 Å². The maximum Gasteiger partial charge on any atom is 0.261 e. The van der Waals surface area contributed by atoms with E-state index in [2.05, 4.69) is 48.0 Å². The standard InChI is InChI=1S/C26H29N3O2S/c1-19-9-7-10-20(2)25(19)31-17-6-5-16-29-22-12-4-3-11-21(22)28-24(29)14-15-27-26(30)23-13-8-18-32-23/h3-4,7-13,18H,5-6,14-17H2,1-2H3,(H,27,30). The van der Waals surface area contributed by atoms with Crippen molar-refractivity contribution in [1.82, 2.24) is 14.9 Å². The van der Waals surface area contributed by atoms with Crippen LogP contribution in [0.25, 0.3) is 11.0 Å². The van der Waals surface area contributed by atoms with Crippen molar-refractivity contribution >= 4 is 28.3 Å². The summed E-state index contributed by atoms with van der Waals surface area (Å²) in [5.41, 5.74) is 4.50. The van der Waals surface area contributed by atoms with E-state index < -0.39 is 0 Å². The molecule has 4 rings (SSSR count). The third kappa shape index (κ3) is 5.19. The Labute approximate surface area is 193 Å². The molecule has 0 fully saturated rings. The number of benzene rings is 2. The van der Waals surface area contributed by atoms with Gasteiger partial charge in [0.05, 0.1) is 22.5 Å². The van der Waals surface area contributed by atoms with Crippen molar-refractivity contribution in [2.45, 2.75) is 39.7 Å². The highest BCUT2D eigenvalue weighted by molar-refractivity contribution is 7.12. The van der Waals surface area contributed by atoms with Gasteiger partial charge in [0, 0.05) is 19.5 Å². The number of nitrogens with one attached hydrogen (secondary N) is 1. The fourth-order valence-electron chi connectivity index (χ4n) is 3.92. The number of fused-ring (bicyclic) bond motifs is 1. The monoisotopic (exact) mass is 447 g/mol. The van der Waals surface area contributed by atoms with Gasteiger partial charge >= 0.3 is 0 Å².